The molecule has 30 heavy (non-hydrogen) atoms. The number of H-pyrrole nitrogens is 1. The number of rotatable bonds is 0. The second-order valence-electron chi connectivity index (χ2n) is 9.04. The van der Waals surface area contributed by atoms with Crippen LogP contribution in [-0.2, 0) is 23.0 Å². The molecule has 7 heteroatoms. The summed E-state index contributed by atoms with van der Waals surface area (Å²) in [5, 5.41) is 0.432. The second kappa shape index (κ2) is 7.12. The summed E-state index contributed by atoms with van der Waals surface area (Å²) in [7, 11) is 0. The summed E-state index contributed by atoms with van der Waals surface area (Å²) in [5.41, 5.74) is 4.87. The monoisotopic (exact) mass is 429 g/mol. The Morgan fingerprint density at radius 2 is 1.97 bits per heavy atom. The first-order valence-electron chi connectivity index (χ1n) is 10.6. The number of aromatic amines is 1. The highest BCUT2D eigenvalue weighted by Gasteiger charge is 2.56. The number of carbonyl (C=O) groups excluding carboxylic acids is 2. The first kappa shape index (κ1) is 20.9. The van der Waals surface area contributed by atoms with E-state index in [9.17, 15) is 9.59 Å². The third-order valence-electron chi connectivity index (χ3n) is 5.89. The predicted molar refractivity (Wildman–Crippen MR) is 116 cm³/mol. The fourth-order valence-electron chi connectivity index (χ4n) is 4.41. The maximum Gasteiger partial charge on any atom is 0.417 e. The highest BCUT2D eigenvalue weighted by molar-refractivity contribution is 6.29. The van der Waals surface area contributed by atoms with E-state index in [1.54, 1.807) is 0 Å². The van der Waals surface area contributed by atoms with Gasteiger partial charge in [0.25, 0.3) is 5.91 Å². The molecular formula is C23H28ClN3O3. The van der Waals surface area contributed by atoms with Gasteiger partial charge in [-0.25, -0.2) is 14.7 Å². The molecule has 2 aromatic rings. The molecule has 1 spiro atoms. The van der Waals surface area contributed by atoms with Crippen molar-refractivity contribution in [2.75, 3.05) is 6.54 Å². The van der Waals surface area contributed by atoms with E-state index in [-0.39, 0.29) is 11.3 Å². The number of halogens is 1. The third kappa shape index (κ3) is 3.31. The molecule has 1 aliphatic heterocycles. The van der Waals surface area contributed by atoms with Gasteiger partial charge >= 0.3 is 6.09 Å². The Bertz CT molecular complexity index is 1030. The van der Waals surface area contributed by atoms with Gasteiger partial charge in [-0.3, -0.25) is 4.79 Å². The van der Waals surface area contributed by atoms with Crippen molar-refractivity contribution < 1.29 is 14.3 Å². The number of imide groups is 1. The van der Waals surface area contributed by atoms with Crippen molar-refractivity contribution in [3.63, 3.8) is 0 Å². The average Bonchev–Trinajstić information content (AvgIpc) is 3.34. The standard InChI is InChI=1S/C21H22ClN3O3.C2H6/c1-20(2,3)28-19(27)25-10-21(6-7-21)17-15(18(25)26)12-5-4-11-9-23-14(22)8-13(11)16(12)24-17;1-2/h8-9,24H,4-7,10H2,1-3H3;1-2H3. The van der Waals surface area contributed by atoms with E-state index in [0.717, 1.165) is 53.8 Å². The van der Waals surface area contributed by atoms with Gasteiger partial charge in [-0.2, -0.15) is 0 Å². The summed E-state index contributed by atoms with van der Waals surface area (Å²) in [5.74, 6) is -0.261. The Balaban J connectivity index is 0.00000106. The molecular weight excluding hydrogens is 402 g/mol. The Morgan fingerprint density at radius 3 is 2.60 bits per heavy atom. The number of nitrogens with one attached hydrogen (secondary N) is 1. The molecule has 3 heterocycles. The number of nitrogens with zero attached hydrogens (tertiary/aromatic N) is 2. The van der Waals surface area contributed by atoms with E-state index < -0.39 is 11.7 Å². The van der Waals surface area contributed by atoms with Gasteiger partial charge in [-0.1, -0.05) is 25.4 Å². The zero-order chi connectivity index (χ0) is 21.8. The van der Waals surface area contributed by atoms with Crippen molar-refractivity contribution in [3.05, 3.63) is 39.8 Å². The predicted octanol–water partition coefficient (Wildman–Crippen LogP) is 5.28. The number of amides is 2. The lowest BCUT2D eigenvalue weighted by Gasteiger charge is -2.33. The van der Waals surface area contributed by atoms with Gasteiger partial charge in [-0.05, 0) is 63.6 Å². The number of pyridine rings is 1. The molecule has 1 saturated carbocycles. The first-order chi connectivity index (χ1) is 14.2. The molecule has 2 amide bonds. The molecule has 2 aliphatic carbocycles. The van der Waals surface area contributed by atoms with Gasteiger partial charge in [0.2, 0.25) is 0 Å². The van der Waals surface area contributed by atoms with Crippen molar-refractivity contribution in [1.82, 2.24) is 14.9 Å². The van der Waals surface area contributed by atoms with Crippen LogP contribution in [0.1, 0.15) is 74.6 Å². The summed E-state index contributed by atoms with van der Waals surface area (Å²) in [6, 6.07) is 1.85. The van der Waals surface area contributed by atoms with E-state index in [4.69, 9.17) is 16.3 Å². The SMILES string of the molecule is CC.CC(C)(C)OC(=O)N1CC2(CC2)c2[nH]c3c(c2C1=O)CCc1cnc(Cl)cc1-3. The fraction of sp³-hybridized carbons (Fsp3) is 0.522. The van der Waals surface area contributed by atoms with Crippen molar-refractivity contribution in [1.29, 1.82) is 0 Å². The topological polar surface area (TPSA) is 75.3 Å². The zero-order valence-corrected chi connectivity index (χ0v) is 18.9. The lowest BCUT2D eigenvalue weighted by atomic mass is 9.86. The van der Waals surface area contributed by atoms with E-state index in [1.165, 1.54) is 4.90 Å². The highest BCUT2D eigenvalue weighted by Crippen LogP contribution is 2.54. The Kier molecular flexibility index (Phi) is 4.96. The van der Waals surface area contributed by atoms with Crippen LogP contribution in [0, 0.1) is 0 Å². The van der Waals surface area contributed by atoms with Crippen LogP contribution >= 0.6 is 11.6 Å². The van der Waals surface area contributed by atoms with E-state index in [0.29, 0.717) is 17.3 Å². The number of ether oxygens (including phenoxy) is 1. The molecule has 3 aliphatic rings. The lowest BCUT2D eigenvalue weighted by molar-refractivity contribution is 0.0210. The smallest absolute Gasteiger partial charge is 0.417 e. The Morgan fingerprint density at radius 1 is 1.27 bits per heavy atom. The van der Waals surface area contributed by atoms with Crippen LogP contribution < -0.4 is 0 Å². The molecule has 6 nitrogen and oxygen atoms in total. The first-order valence-corrected chi connectivity index (χ1v) is 11.0. The lowest BCUT2D eigenvalue weighted by Crippen LogP contribution is -2.48. The highest BCUT2D eigenvalue weighted by atomic mass is 35.5. The quantitative estimate of drug-likeness (QED) is 0.578. The molecule has 1 fully saturated rings. The molecule has 5 rings (SSSR count). The summed E-state index contributed by atoms with van der Waals surface area (Å²) in [6.07, 6.45) is 4.69. The molecule has 0 saturated heterocycles. The van der Waals surface area contributed by atoms with Gasteiger partial charge in [0.05, 0.1) is 11.3 Å². The summed E-state index contributed by atoms with van der Waals surface area (Å²) in [4.78, 5) is 35.1. The molecule has 0 atom stereocenters. The van der Waals surface area contributed by atoms with Crippen molar-refractivity contribution in [3.8, 4) is 11.3 Å². The largest absolute Gasteiger partial charge is 0.443 e. The Hall–Kier alpha value is -2.34. The van der Waals surface area contributed by atoms with Crippen LogP contribution in [0.4, 0.5) is 4.79 Å². The van der Waals surface area contributed by atoms with Crippen LogP contribution in [0.3, 0.4) is 0 Å². The minimum Gasteiger partial charge on any atom is -0.443 e. The fourth-order valence-corrected chi connectivity index (χ4v) is 4.57. The molecule has 160 valence electrons. The maximum atomic E-state index is 13.3. The Labute approximate surface area is 182 Å². The number of fused-ring (bicyclic) bond motifs is 6. The van der Waals surface area contributed by atoms with E-state index in [2.05, 4.69) is 9.97 Å². The maximum absolute atomic E-state index is 13.3. The minimum atomic E-state index is -0.644. The normalized spacial score (nSPS) is 18.1. The number of hydrogen-bond acceptors (Lipinski definition) is 4. The molecule has 0 aromatic carbocycles. The minimum absolute atomic E-state index is 0.172. The zero-order valence-electron chi connectivity index (χ0n) is 18.2. The molecule has 0 unspecified atom stereocenters. The summed E-state index contributed by atoms with van der Waals surface area (Å²) in [6.45, 7) is 9.80. The molecule has 0 radical (unpaired) electrons. The van der Waals surface area contributed by atoms with Crippen LogP contribution in [-0.4, -0.2) is 39.0 Å². The molecule has 2 aromatic heterocycles. The molecule has 0 bridgehead atoms. The van der Waals surface area contributed by atoms with Gasteiger partial charge in [0.1, 0.15) is 10.8 Å². The summed E-state index contributed by atoms with van der Waals surface area (Å²) >= 11 is 6.13. The average molecular weight is 430 g/mol. The van der Waals surface area contributed by atoms with Crippen molar-refractivity contribution in [2.24, 2.45) is 0 Å². The van der Waals surface area contributed by atoms with Crippen LogP contribution in [0.25, 0.3) is 11.3 Å². The number of hydrogen-bond donors (Lipinski definition) is 1. The van der Waals surface area contributed by atoms with Crippen molar-refractivity contribution in [2.45, 2.75) is 71.3 Å². The third-order valence-corrected chi connectivity index (χ3v) is 6.09. The summed E-state index contributed by atoms with van der Waals surface area (Å²) < 4.78 is 5.51. The number of aromatic nitrogens is 2. The molecule has 1 N–H and O–H groups in total. The van der Waals surface area contributed by atoms with E-state index in [1.807, 2.05) is 46.9 Å². The van der Waals surface area contributed by atoms with E-state index >= 15 is 0 Å². The second-order valence-corrected chi connectivity index (χ2v) is 9.43. The van der Waals surface area contributed by atoms with Gasteiger partial charge < -0.3 is 9.72 Å². The van der Waals surface area contributed by atoms with Crippen LogP contribution in [0.5, 0.6) is 0 Å². The van der Waals surface area contributed by atoms with Crippen LogP contribution in [0.15, 0.2) is 12.3 Å². The van der Waals surface area contributed by atoms with Crippen molar-refractivity contribution >= 4 is 23.6 Å². The van der Waals surface area contributed by atoms with Gasteiger partial charge in [0.15, 0.2) is 0 Å². The number of carbonyl (C=O) groups is 2. The number of aryl methyl sites for hydroxylation is 1. The van der Waals surface area contributed by atoms with Gasteiger partial charge in [0, 0.05) is 29.4 Å². The van der Waals surface area contributed by atoms with Gasteiger partial charge in [-0.15, -0.1) is 0 Å². The van der Waals surface area contributed by atoms with Crippen LogP contribution in [0.2, 0.25) is 5.15 Å².